The molecule has 3 unspecified atom stereocenters. The molecule has 3 atom stereocenters. The summed E-state index contributed by atoms with van der Waals surface area (Å²) >= 11 is 0. The van der Waals surface area contributed by atoms with Crippen molar-refractivity contribution >= 4 is 5.97 Å². The normalized spacial score (nSPS) is 26.1. The van der Waals surface area contributed by atoms with Crippen LogP contribution in [-0.2, 0) is 9.53 Å². The van der Waals surface area contributed by atoms with E-state index in [4.69, 9.17) is 4.74 Å². The first kappa shape index (κ1) is 17.4. The maximum atomic E-state index is 11.5. The Labute approximate surface area is 123 Å². The highest BCUT2D eigenvalue weighted by Crippen LogP contribution is 2.27. The van der Waals surface area contributed by atoms with Gasteiger partial charge < -0.3 is 15.2 Å². The molecule has 0 aromatic heterocycles. The predicted octanol–water partition coefficient (Wildman–Crippen LogP) is 3.20. The molecule has 2 N–H and O–H groups in total. The van der Waals surface area contributed by atoms with Crippen LogP contribution in [0.5, 0.6) is 0 Å². The summed E-state index contributed by atoms with van der Waals surface area (Å²) in [6.07, 6.45) is 7.42. The van der Waals surface area contributed by atoms with Crippen molar-refractivity contribution < 1.29 is 14.6 Å². The van der Waals surface area contributed by atoms with Crippen molar-refractivity contribution in [2.75, 3.05) is 13.2 Å². The summed E-state index contributed by atoms with van der Waals surface area (Å²) in [7, 11) is 0. The second-order valence-electron chi connectivity index (χ2n) is 6.05. The smallest absolute Gasteiger partial charge is 0.323 e. The molecule has 20 heavy (non-hydrogen) atoms. The molecule has 1 rings (SSSR count). The van der Waals surface area contributed by atoms with Crippen LogP contribution >= 0.6 is 0 Å². The van der Waals surface area contributed by atoms with Gasteiger partial charge in [-0.25, -0.2) is 0 Å². The number of hydrogen-bond donors (Lipinski definition) is 2. The van der Waals surface area contributed by atoms with Crippen molar-refractivity contribution in [2.45, 2.75) is 77.4 Å². The van der Waals surface area contributed by atoms with E-state index in [-0.39, 0.29) is 0 Å². The fraction of sp³-hybridized carbons (Fsp3) is 0.938. The van der Waals surface area contributed by atoms with E-state index in [1.807, 2.05) is 13.8 Å². The third kappa shape index (κ3) is 4.74. The molecule has 0 aromatic carbocycles. The van der Waals surface area contributed by atoms with Gasteiger partial charge in [-0.2, -0.15) is 0 Å². The van der Waals surface area contributed by atoms with Gasteiger partial charge in [-0.3, -0.25) is 4.79 Å². The third-order valence-corrected chi connectivity index (χ3v) is 4.64. The molecule has 0 heterocycles. The second kappa shape index (κ2) is 8.63. The van der Waals surface area contributed by atoms with Crippen LogP contribution < -0.4 is 5.32 Å². The van der Waals surface area contributed by atoms with E-state index in [9.17, 15) is 9.90 Å². The van der Waals surface area contributed by atoms with Gasteiger partial charge >= 0.3 is 5.97 Å². The van der Waals surface area contributed by atoms with Gasteiger partial charge in [0.2, 0.25) is 0 Å². The maximum Gasteiger partial charge on any atom is 0.323 e. The molecular formula is C16H31NO3. The largest absolute Gasteiger partial charge is 0.480 e. The number of carboxylic acid groups (broad SMARTS) is 1. The van der Waals surface area contributed by atoms with Gasteiger partial charge in [0.1, 0.15) is 5.54 Å². The van der Waals surface area contributed by atoms with E-state index >= 15 is 0 Å². The molecule has 0 bridgehead atoms. The highest BCUT2D eigenvalue weighted by molar-refractivity contribution is 5.78. The highest BCUT2D eigenvalue weighted by Gasteiger charge is 2.35. The van der Waals surface area contributed by atoms with Gasteiger partial charge in [0, 0.05) is 6.61 Å². The SMILES string of the molecule is CCNC(CC)(CCCOC1CCCCC1C)C(=O)O. The van der Waals surface area contributed by atoms with Crippen molar-refractivity contribution in [1.29, 1.82) is 0 Å². The molecule has 118 valence electrons. The molecule has 0 spiro atoms. The summed E-state index contributed by atoms with van der Waals surface area (Å²) in [5.74, 6) is -0.0965. The van der Waals surface area contributed by atoms with Crippen LogP contribution in [0.3, 0.4) is 0 Å². The lowest BCUT2D eigenvalue weighted by molar-refractivity contribution is -0.145. The highest BCUT2D eigenvalue weighted by atomic mass is 16.5. The van der Waals surface area contributed by atoms with Gasteiger partial charge in [-0.05, 0) is 44.6 Å². The molecule has 0 aliphatic heterocycles. The maximum absolute atomic E-state index is 11.5. The number of rotatable bonds is 9. The lowest BCUT2D eigenvalue weighted by atomic mass is 9.88. The second-order valence-corrected chi connectivity index (χ2v) is 6.05. The predicted molar refractivity (Wildman–Crippen MR) is 80.9 cm³/mol. The average Bonchev–Trinajstić information content (AvgIpc) is 2.43. The molecule has 0 saturated heterocycles. The van der Waals surface area contributed by atoms with Gasteiger partial charge in [0.05, 0.1) is 6.10 Å². The van der Waals surface area contributed by atoms with E-state index < -0.39 is 11.5 Å². The number of aliphatic carboxylic acids is 1. The fourth-order valence-electron chi connectivity index (χ4n) is 3.20. The Morgan fingerprint density at radius 3 is 2.60 bits per heavy atom. The Balaban J connectivity index is 2.35. The molecule has 1 fully saturated rings. The molecule has 1 aliphatic carbocycles. The number of carboxylic acids is 1. The summed E-state index contributed by atoms with van der Waals surface area (Å²) < 4.78 is 5.97. The zero-order chi connectivity index (χ0) is 15.0. The van der Waals surface area contributed by atoms with Crippen molar-refractivity contribution in [3.8, 4) is 0 Å². The Morgan fingerprint density at radius 2 is 2.05 bits per heavy atom. The van der Waals surface area contributed by atoms with Crippen molar-refractivity contribution in [3.63, 3.8) is 0 Å². The summed E-state index contributed by atoms with van der Waals surface area (Å²) in [5, 5.41) is 12.6. The number of nitrogens with one attached hydrogen (secondary N) is 1. The summed E-state index contributed by atoms with van der Waals surface area (Å²) in [4.78, 5) is 11.5. The Bertz CT molecular complexity index is 295. The standard InChI is InChI=1S/C16H31NO3/c1-4-16(15(18)19,17-5-2)11-8-12-20-14-10-7-6-9-13(14)3/h13-14,17H,4-12H2,1-3H3,(H,18,19). The number of carbonyl (C=O) groups is 1. The quantitative estimate of drug-likeness (QED) is 0.639. The van der Waals surface area contributed by atoms with Crippen LogP contribution in [0.1, 0.15) is 65.7 Å². The van der Waals surface area contributed by atoms with E-state index in [2.05, 4.69) is 12.2 Å². The minimum Gasteiger partial charge on any atom is -0.480 e. The van der Waals surface area contributed by atoms with Crippen molar-refractivity contribution in [2.24, 2.45) is 5.92 Å². The van der Waals surface area contributed by atoms with Gasteiger partial charge in [-0.15, -0.1) is 0 Å². The minimum atomic E-state index is -0.781. The Morgan fingerprint density at radius 1 is 1.35 bits per heavy atom. The topological polar surface area (TPSA) is 58.6 Å². The summed E-state index contributed by atoms with van der Waals surface area (Å²) in [6, 6.07) is 0. The summed E-state index contributed by atoms with van der Waals surface area (Å²) in [5.41, 5.74) is -0.781. The lowest BCUT2D eigenvalue weighted by Crippen LogP contribution is -2.51. The summed E-state index contributed by atoms with van der Waals surface area (Å²) in [6.45, 7) is 7.50. The van der Waals surface area contributed by atoms with Crippen LogP contribution in [-0.4, -0.2) is 35.9 Å². The van der Waals surface area contributed by atoms with Crippen LogP contribution in [0, 0.1) is 5.92 Å². The van der Waals surface area contributed by atoms with Crippen LogP contribution in [0.15, 0.2) is 0 Å². The zero-order valence-corrected chi connectivity index (χ0v) is 13.3. The number of likely N-dealkylation sites (N-methyl/N-ethyl adjacent to an activating group) is 1. The molecule has 0 amide bonds. The van der Waals surface area contributed by atoms with E-state index in [1.54, 1.807) is 0 Å². The van der Waals surface area contributed by atoms with Crippen LogP contribution in [0.2, 0.25) is 0 Å². The molecule has 4 heteroatoms. The van der Waals surface area contributed by atoms with E-state index in [0.29, 0.717) is 38.0 Å². The fourth-order valence-corrected chi connectivity index (χ4v) is 3.20. The van der Waals surface area contributed by atoms with Gasteiger partial charge in [0.25, 0.3) is 0 Å². The first-order chi connectivity index (χ1) is 9.55. The Kier molecular flexibility index (Phi) is 7.52. The first-order valence-corrected chi connectivity index (χ1v) is 8.15. The van der Waals surface area contributed by atoms with Crippen molar-refractivity contribution in [1.82, 2.24) is 5.32 Å². The van der Waals surface area contributed by atoms with Crippen LogP contribution in [0.4, 0.5) is 0 Å². The Hall–Kier alpha value is -0.610. The molecule has 0 radical (unpaired) electrons. The van der Waals surface area contributed by atoms with Crippen molar-refractivity contribution in [3.05, 3.63) is 0 Å². The zero-order valence-electron chi connectivity index (χ0n) is 13.3. The molecule has 1 saturated carbocycles. The molecular weight excluding hydrogens is 254 g/mol. The molecule has 4 nitrogen and oxygen atoms in total. The number of ether oxygens (including phenoxy) is 1. The minimum absolute atomic E-state index is 0.378. The molecule has 1 aliphatic rings. The number of hydrogen-bond acceptors (Lipinski definition) is 3. The average molecular weight is 285 g/mol. The van der Waals surface area contributed by atoms with E-state index in [0.717, 1.165) is 12.8 Å². The van der Waals surface area contributed by atoms with Gasteiger partial charge in [-0.1, -0.05) is 33.6 Å². The molecule has 0 aromatic rings. The lowest BCUT2D eigenvalue weighted by Gasteiger charge is -2.31. The monoisotopic (exact) mass is 285 g/mol. The van der Waals surface area contributed by atoms with E-state index in [1.165, 1.54) is 19.3 Å². The third-order valence-electron chi connectivity index (χ3n) is 4.64. The van der Waals surface area contributed by atoms with Crippen LogP contribution in [0.25, 0.3) is 0 Å². The first-order valence-electron chi connectivity index (χ1n) is 8.15. The van der Waals surface area contributed by atoms with Gasteiger partial charge in [0.15, 0.2) is 0 Å².